The molecule has 0 fully saturated rings. The van der Waals surface area contributed by atoms with E-state index in [0.29, 0.717) is 30.8 Å². The number of ether oxygens (including phenoxy) is 1. The molecule has 0 atom stereocenters. The number of fused-ring (bicyclic) bond motifs is 1. The summed E-state index contributed by atoms with van der Waals surface area (Å²) in [5.41, 5.74) is 8.85. The Morgan fingerprint density at radius 1 is 1.27 bits per heavy atom. The Morgan fingerprint density at radius 2 is 2.08 bits per heavy atom. The monoisotopic (exact) mass is 355 g/mol. The second-order valence-electron chi connectivity index (χ2n) is 5.73. The Labute approximate surface area is 149 Å². The molecule has 0 saturated heterocycles. The number of nitrogens with zero attached hydrogens (tertiary/aromatic N) is 1. The molecule has 1 heterocycles. The number of hydrogen-bond acceptors (Lipinski definition) is 4. The number of halogens is 1. The third-order valence-corrected chi connectivity index (χ3v) is 3.79. The molecule has 3 rings (SSSR count). The van der Waals surface area contributed by atoms with E-state index in [1.165, 1.54) is 12.1 Å². The Bertz CT molecular complexity index is 919. The average molecular weight is 355 g/mol. The number of hydrazone groups is 1. The molecule has 0 radical (unpaired) electrons. The van der Waals surface area contributed by atoms with E-state index in [9.17, 15) is 9.18 Å². The highest BCUT2D eigenvalue weighted by Gasteiger charge is 2.12. The van der Waals surface area contributed by atoms with Crippen LogP contribution in [-0.4, -0.2) is 23.7 Å². The molecule has 7 heteroatoms. The summed E-state index contributed by atoms with van der Waals surface area (Å²) >= 11 is 0. The highest BCUT2D eigenvalue weighted by atomic mass is 19.1. The van der Waals surface area contributed by atoms with Crippen molar-refractivity contribution < 1.29 is 19.7 Å². The van der Waals surface area contributed by atoms with Gasteiger partial charge < -0.3 is 15.5 Å². The quantitative estimate of drug-likeness (QED) is 0.263. The maximum absolute atomic E-state index is 12.9. The summed E-state index contributed by atoms with van der Waals surface area (Å²) in [5.74, 6) is -0.0998. The third kappa shape index (κ3) is 4.25. The van der Waals surface area contributed by atoms with Crippen molar-refractivity contribution in [3.63, 3.8) is 0 Å². The Morgan fingerprint density at radius 3 is 2.85 bits per heavy atom. The van der Waals surface area contributed by atoms with Crippen molar-refractivity contribution in [2.75, 3.05) is 12.0 Å². The fraction of sp³-hybridized carbons (Fsp3) is 0.158. The highest BCUT2D eigenvalue weighted by molar-refractivity contribution is 6.03. The van der Waals surface area contributed by atoms with Crippen LogP contribution in [0.15, 0.2) is 53.8 Å². The van der Waals surface area contributed by atoms with Crippen molar-refractivity contribution in [3.8, 4) is 5.75 Å². The minimum Gasteiger partial charge on any atom is -0.426 e. The number of anilines is 1. The van der Waals surface area contributed by atoms with Crippen molar-refractivity contribution in [1.82, 2.24) is 4.98 Å². The molecule has 134 valence electrons. The summed E-state index contributed by atoms with van der Waals surface area (Å²) < 4.78 is 18.4. The summed E-state index contributed by atoms with van der Waals surface area (Å²) in [5, 5.41) is 4.95. The molecular formula is C19H20FN4O2+. The second-order valence-corrected chi connectivity index (χ2v) is 5.73. The van der Waals surface area contributed by atoms with E-state index < -0.39 is 0 Å². The zero-order valence-corrected chi connectivity index (χ0v) is 14.2. The van der Waals surface area contributed by atoms with E-state index >= 15 is 0 Å². The average Bonchev–Trinajstić information content (AvgIpc) is 3.06. The SMILES string of the molecule is [NH3+]CCCC(=O)Oc1cccc2[nH]cc(/C=N/Nc3ccc(F)cc3)c12. The van der Waals surface area contributed by atoms with Crippen LogP contribution in [0.5, 0.6) is 5.75 Å². The molecule has 0 aliphatic heterocycles. The lowest BCUT2D eigenvalue weighted by atomic mass is 10.1. The summed E-state index contributed by atoms with van der Waals surface area (Å²) in [6, 6.07) is 11.4. The maximum atomic E-state index is 12.9. The van der Waals surface area contributed by atoms with Gasteiger partial charge in [-0.2, -0.15) is 5.10 Å². The summed E-state index contributed by atoms with van der Waals surface area (Å²) in [6.07, 6.45) is 4.43. The summed E-state index contributed by atoms with van der Waals surface area (Å²) in [4.78, 5) is 15.1. The van der Waals surface area contributed by atoms with Crippen LogP contribution in [-0.2, 0) is 4.79 Å². The smallest absolute Gasteiger partial charge is 0.311 e. The molecule has 0 saturated carbocycles. The number of rotatable bonds is 7. The van der Waals surface area contributed by atoms with Gasteiger partial charge >= 0.3 is 5.97 Å². The third-order valence-electron chi connectivity index (χ3n) is 3.79. The molecule has 0 bridgehead atoms. The van der Waals surface area contributed by atoms with Crippen LogP contribution in [0.4, 0.5) is 10.1 Å². The van der Waals surface area contributed by atoms with Gasteiger partial charge in [-0.1, -0.05) is 6.07 Å². The van der Waals surface area contributed by atoms with Gasteiger partial charge in [0, 0.05) is 23.7 Å². The number of aromatic nitrogens is 1. The lowest BCUT2D eigenvalue weighted by Gasteiger charge is -2.06. The maximum Gasteiger partial charge on any atom is 0.311 e. The summed E-state index contributed by atoms with van der Waals surface area (Å²) in [6.45, 7) is 0.691. The van der Waals surface area contributed by atoms with Gasteiger partial charge in [-0.05, 0) is 36.4 Å². The first-order chi connectivity index (χ1) is 12.7. The van der Waals surface area contributed by atoms with Crippen LogP contribution in [0.2, 0.25) is 0 Å². The first-order valence-corrected chi connectivity index (χ1v) is 8.32. The predicted octanol–water partition coefficient (Wildman–Crippen LogP) is 2.68. The molecule has 26 heavy (non-hydrogen) atoms. The number of H-pyrrole nitrogens is 1. The lowest BCUT2D eigenvalue weighted by molar-refractivity contribution is -0.368. The molecule has 6 nitrogen and oxygen atoms in total. The molecule has 0 spiro atoms. The normalized spacial score (nSPS) is 11.2. The topological polar surface area (TPSA) is 94.1 Å². The number of benzene rings is 2. The molecule has 0 unspecified atom stereocenters. The molecule has 2 aromatic carbocycles. The number of esters is 1. The van der Waals surface area contributed by atoms with E-state index in [2.05, 4.69) is 21.2 Å². The molecule has 0 aliphatic rings. The Kier molecular flexibility index (Phi) is 5.60. The predicted molar refractivity (Wildman–Crippen MR) is 98.5 cm³/mol. The second kappa shape index (κ2) is 8.26. The Hall–Kier alpha value is -3.19. The van der Waals surface area contributed by atoms with Gasteiger partial charge in [0.15, 0.2) is 0 Å². The Balaban J connectivity index is 1.79. The van der Waals surface area contributed by atoms with E-state index in [4.69, 9.17) is 4.74 Å². The van der Waals surface area contributed by atoms with E-state index in [-0.39, 0.29) is 11.8 Å². The highest BCUT2D eigenvalue weighted by Crippen LogP contribution is 2.28. The zero-order valence-electron chi connectivity index (χ0n) is 14.2. The van der Waals surface area contributed by atoms with E-state index in [1.54, 1.807) is 30.6 Å². The number of nitrogens with one attached hydrogen (secondary N) is 2. The van der Waals surface area contributed by atoms with Crippen molar-refractivity contribution in [2.45, 2.75) is 12.8 Å². The van der Waals surface area contributed by atoms with Gasteiger partial charge in [-0.25, -0.2) is 4.39 Å². The molecular weight excluding hydrogens is 335 g/mol. The van der Waals surface area contributed by atoms with Crippen LogP contribution in [0.3, 0.4) is 0 Å². The van der Waals surface area contributed by atoms with Gasteiger partial charge in [-0.15, -0.1) is 0 Å². The lowest BCUT2D eigenvalue weighted by Crippen LogP contribution is -2.50. The van der Waals surface area contributed by atoms with Crippen molar-refractivity contribution in [1.29, 1.82) is 0 Å². The first kappa shape index (κ1) is 17.6. The van der Waals surface area contributed by atoms with Gasteiger partial charge in [0.2, 0.25) is 0 Å². The van der Waals surface area contributed by atoms with Crippen LogP contribution in [0.1, 0.15) is 18.4 Å². The minimum atomic E-state index is -0.304. The molecule has 5 N–H and O–H groups in total. The van der Waals surface area contributed by atoms with Gasteiger partial charge in [-0.3, -0.25) is 10.2 Å². The first-order valence-electron chi connectivity index (χ1n) is 8.32. The fourth-order valence-corrected chi connectivity index (χ4v) is 2.51. The van der Waals surface area contributed by atoms with E-state index in [0.717, 1.165) is 16.5 Å². The van der Waals surface area contributed by atoms with Gasteiger partial charge in [0.25, 0.3) is 0 Å². The van der Waals surface area contributed by atoms with Gasteiger partial charge in [0.05, 0.1) is 30.3 Å². The number of carbonyl (C=O) groups is 1. The largest absolute Gasteiger partial charge is 0.426 e. The van der Waals surface area contributed by atoms with E-state index in [1.807, 2.05) is 12.1 Å². The zero-order chi connectivity index (χ0) is 18.4. The number of carbonyl (C=O) groups excluding carboxylic acids is 1. The number of hydrogen-bond donors (Lipinski definition) is 3. The van der Waals surface area contributed by atoms with Crippen LogP contribution in [0.25, 0.3) is 10.9 Å². The van der Waals surface area contributed by atoms with Crippen molar-refractivity contribution in [3.05, 3.63) is 60.0 Å². The van der Waals surface area contributed by atoms with Crippen LogP contribution in [0, 0.1) is 5.82 Å². The summed E-state index contributed by atoms with van der Waals surface area (Å²) in [7, 11) is 0. The number of aromatic amines is 1. The molecule has 0 aliphatic carbocycles. The van der Waals surface area contributed by atoms with Crippen molar-refractivity contribution in [2.24, 2.45) is 5.10 Å². The number of quaternary nitrogens is 1. The molecule has 0 amide bonds. The minimum absolute atomic E-state index is 0.283. The van der Waals surface area contributed by atoms with Crippen molar-refractivity contribution >= 4 is 28.8 Å². The van der Waals surface area contributed by atoms with Gasteiger partial charge in [0.1, 0.15) is 11.6 Å². The molecule has 3 aromatic rings. The standard InChI is InChI=1S/C19H19FN4O2/c20-14-6-8-15(9-7-14)24-23-12-13-11-22-16-3-1-4-17(19(13)16)26-18(25)5-2-10-21/h1,3-4,6-9,11-12,22,24H,2,5,10,21H2/p+1/b23-12+. The molecule has 1 aromatic heterocycles. The fourth-order valence-electron chi connectivity index (χ4n) is 2.51. The van der Waals surface area contributed by atoms with Crippen LogP contribution >= 0.6 is 0 Å². The van der Waals surface area contributed by atoms with Crippen LogP contribution < -0.4 is 15.9 Å².